The summed E-state index contributed by atoms with van der Waals surface area (Å²) in [5.41, 5.74) is 19.7. The Bertz CT molecular complexity index is 7820. The second-order valence-corrected chi connectivity index (χ2v) is 27.6. The molecule has 0 amide bonds. The number of para-hydroxylation sites is 5. The summed E-state index contributed by atoms with van der Waals surface area (Å²) in [6.07, 6.45) is 0. The molecule has 0 spiro atoms. The minimum absolute atomic E-state index is 0.667. The molecular weight excluding hydrogens is 1240 g/mol. The maximum absolute atomic E-state index is 5.89. The molecule has 24 aromatic rings. The van der Waals surface area contributed by atoms with Crippen LogP contribution in [0.3, 0.4) is 0 Å². The van der Waals surface area contributed by atoms with E-state index in [4.69, 9.17) is 19.9 Å². The fraction of sp³-hybridized carbons (Fsp3) is 0. The molecule has 0 unspecified atom stereocenters. The van der Waals surface area contributed by atoms with Crippen molar-refractivity contribution in [1.82, 2.24) is 37.9 Å². The van der Waals surface area contributed by atoms with Crippen LogP contribution in [0.5, 0.6) is 0 Å². The lowest BCUT2D eigenvalue weighted by Gasteiger charge is -2.15. The van der Waals surface area contributed by atoms with Gasteiger partial charge >= 0.3 is 0 Å². The molecule has 24 rings (SSSR count). The first-order chi connectivity index (χ1) is 50.6. The number of benzene rings is 16. The van der Waals surface area contributed by atoms with Crippen LogP contribution in [0.2, 0.25) is 0 Å². The molecule has 0 saturated carbocycles. The number of nitrogens with zero attached hydrogens (tertiary/aromatic N) is 8. The summed E-state index contributed by atoms with van der Waals surface area (Å²) in [7, 11) is 0. The van der Waals surface area contributed by atoms with Crippen molar-refractivity contribution in [3.05, 3.63) is 315 Å². The molecule has 102 heavy (non-hydrogen) atoms. The highest BCUT2D eigenvalue weighted by atomic mass is 15.1. The lowest BCUT2D eigenvalue weighted by atomic mass is 9.96. The Morgan fingerprint density at radius 1 is 0.196 bits per heavy atom. The molecule has 0 saturated heterocycles. The van der Waals surface area contributed by atoms with Crippen molar-refractivity contribution >= 4 is 174 Å². The molecule has 0 aliphatic heterocycles. The Labute approximate surface area is 580 Å². The van der Waals surface area contributed by atoms with Crippen LogP contribution < -0.4 is 0 Å². The maximum Gasteiger partial charge on any atom is 0.162 e. The Balaban J connectivity index is 0.728. The van der Waals surface area contributed by atoms with Gasteiger partial charge < -0.3 is 8.80 Å². The highest BCUT2D eigenvalue weighted by Crippen LogP contribution is 2.51. The second kappa shape index (κ2) is 19.9. The third kappa shape index (κ3) is 7.27. The Morgan fingerprint density at radius 3 is 1.23 bits per heavy atom. The van der Waals surface area contributed by atoms with Crippen LogP contribution in [0.4, 0.5) is 0 Å². The zero-order chi connectivity index (χ0) is 66.2. The molecule has 0 N–H and O–H groups in total. The van der Waals surface area contributed by atoms with Crippen LogP contribution in [0.1, 0.15) is 0 Å². The first-order valence-corrected chi connectivity index (χ1v) is 34.9. The van der Waals surface area contributed by atoms with Gasteiger partial charge in [-0.3, -0.25) is 9.13 Å². The largest absolute Gasteiger partial charge is 0.308 e. The maximum atomic E-state index is 5.89. The van der Waals surface area contributed by atoms with Crippen LogP contribution in [0.25, 0.3) is 231 Å². The third-order valence-corrected chi connectivity index (χ3v) is 22.3. The van der Waals surface area contributed by atoms with Gasteiger partial charge in [0.05, 0.1) is 66.2 Å². The smallest absolute Gasteiger partial charge is 0.162 e. The Morgan fingerprint density at radius 2 is 0.608 bits per heavy atom. The van der Waals surface area contributed by atoms with Gasteiger partial charge in [-0.15, -0.1) is 0 Å². The van der Waals surface area contributed by atoms with Crippen molar-refractivity contribution in [2.75, 3.05) is 0 Å². The lowest BCUT2D eigenvalue weighted by molar-refractivity contribution is 1.08. The van der Waals surface area contributed by atoms with Crippen LogP contribution >= 0.6 is 0 Å². The number of hydrogen-bond donors (Lipinski definition) is 0. The molecule has 0 aliphatic rings. The summed E-state index contributed by atoms with van der Waals surface area (Å²) < 4.78 is 9.93. The van der Waals surface area contributed by atoms with E-state index < -0.39 is 0 Å². The van der Waals surface area contributed by atoms with Crippen LogP contribution in [-0.2, 0) is 0 Å². The molecule has 0 fully saturated rings. The minimum Gasteiger partial charge on any atom is -0.308 e. The standard InChI is InChI=1S/C94H52N8/c1-2-20-53(21-3-1)55-27-18-28-62(44-55)91-95-77-35-13-8-30-65(77)93(97-91)101-83-49-58-24-6-5-23-57(58)47-72(83)76-52-74-70-48-61(42-43-82(70)100-81-39-17-12-33-68(81)86(88(74)100)90(76)101)60-41-40-54-26-19-34-64(69(54)45-60)92-96-78-36-14-9-31-66(78)94(98-92)102-84-50-59-25-7-4-22-56(59)46-71(84)75-51-73-63-29-10-15-37-79(63)99-80-38-16-11-32-67(80)85(87(73)99)89(75)102/h1-52H. The van der Waals surface area contributed by atoms with E-state index >= 15 is 0 Å². The molecule has 0 aliphatic carbocycles. The quantitative estimate of drug-likeness (QED) is 0.166. The van der Waals surface area contributed by atoms with E-state index in [1.807, 2.05) is 0 Å². The van der Waals surface area contributed by atoms with Gasteiger partial charge in [-0.05, 0) is 158 Å². The molecule has 0 atom stereocenters. The van der Waals surface area contributed by atoms with Gasteiger partial charge in [-0.1, -0.05) is 212 Å². The molecule has 0 radical (unpaired) electrons. The van der Waals surface area contributed by atoms with Gasteiger partial charge in [-0.25, -0.2) is 19.9 Å². The summed E-state index contributed by atoms with van der Waals surface area (Å²) in [4.78, 5) is 22.5. The second-order valence-electron chi connectivity index (χ2n) is 27.6. The van der Waals surface area contributed by atoms with Gasteiger partial charge in [0.25, 0.3) is 0 Å². The van der Waals surface area contributed by atoms with Crippen molar-refractivity contribution in [1.29, 1.82) is 0 Å². The average Bonchev–Trinajstić information content (AvgIpc) is 1.52. The van der Waals surface area contributed by atoms with Crippen LogP contribution in [0.15, 0.2) is 315 Å². The van der Waals surface area contributed by atoms with E-state index in [-0.39, 0.29) is 0 Å². The summed E-state index contributed by atoms with van der Waals surface area (Å²) in [6.45, 7) is 0. The van der Waals surface area contributed by atoms with E-state index in [1.54, 1.807) is 0 Å². The van der Waals surface area contributed by atoms with Crippen molar-refractivity contribution in [3.8, 4) is 56.7 Å². The Hall–Kier alpha value is -13.8. The van der Waals surface area contributed by atoms with E-state index in [1.165, 1.54) is 103 Å². The van der Waals surface area contributed by atoms with Crippen molar-refractivity contribution in [2.45, 2.75) is 0 Å². The summed E-state index contributed by atoms with van der Waals surface area (Å²) in [5.74, 6) is 3.03. The summed E-state index contributed by atoms with van der Waals surface area (Å²) in [6, 6.07) is 116. The van der Waals surface area contributed by atoms with Crippen LogP contribution in [0, 0.1) is 0 Å². The van der Waals surface area contributed by atoms with E-state index in [2.05, 4.69) is 333 Å². The third-order valence-electron chi connectivity index (χ3n) is 22.3. The van der Waals surface area contributed by atoms with Gasteiger partial charge in [0.1, 0.15) is 11.6 Å². The molecule has 8 heteroatoms. The minimum atomic E-state index is 0.667. The highest BCUT2D eigenvalue weighted by Gasteiger charge is 2.30. The van der Waals surface area contributed by atoms with Crippen molar-refractivity contribution in [2.24, 2.45) is 0 Å². The van der Waals surface area contributed by atoms with E-state index in [0.717, 1.165) is 116 Å². The van der Waals surface area contributed by atoms with Crippen LogP contribution in [-0.4, -0.2) is 37.9 Å². The molecule has 468 valence electrons. The highest BCUT2D eigenvalue weighted by molar-refractivity contribution is 6.37. The average molecular weight is 1290 g/mol. The molecule has 8 nitrogen and oxygen atoms in total. The number of hydrogen-bond acceptors (Lipinski definition) is 4. The first-order valence-electron chi connectivity index (χ1n) is 34.9. The fourth-order valence-electron chi connectivity index (χ4n) is 17.9. The van der Waals surface area contributed by atoms with Crippen molar-refractivity contribution in [3.63, 3.8) is 0 Å². The lowest BCUT2D eigenvalue weighted by Crippen LogP contribution is -2.03. The zero-order valence-corrected chi connectivity index (χ0v) is 54.6. The normalized spacial score (nSPS) is 12.5. The summed E-state index contributed by atoms with van der Waals surface area (Å²) >= 11 is 0. The van der Waals surface area contributed by atoms with Crippen molar-refractivity contribution < 1.29 is 0 Å². The molecule has 0 bridgehead atoms. The zero-order valence-electron chi connectivity index (χ0n) is 54.6. The molecule has 8 aromatic heterocycles. The van der Waals surface area contributed by atoms with E-state index in [0.29, 0.717) is 11.6 Å². The molecular formula is C94H52N8. The predicted octanol–water partition coefficient (Wildman–Crippen LogP) is 24.2. The first kappa shape index (κ1) is 54.2. The number of rotatable bonds is 6. The van der Waals surface area contributed by atoms with Gasteiger partial charge in [0.2, 0.25) is 0 Å². The molecule has 8 heterocycles. The predicted molar refractivity (Wildman–Crippen MR) is 425 cm³/mol. The number of aromatic nitrogens is 8. The molecule has 16 aromatic carbocycles. The van der Waals surface area contributed by atoms with Gasteiger partial charge in [0, 0.05) is 86.5 Å². The number of fused-ring (bicyclic) bond motifs is 25. The van der Waals surface area contributed by atoms with Gasteiger partial charge in [0.15, 0.2) is 11.6 Å². The summed E-state index contributed by atoms with van der Waals surface area (Å²) in [5, 5.41) is 23.3. The Kier molecular flexibility index (Phi) is 10.6. The fourth-order valence-corrected chi connectivity index (χ4v) is 17.9. The SMILES string of the molecule is c1ccc(-c2cccc(-c3nc(-n4c5cc6ccccc6cc5c5cc6c7cc(-c8ccc9cccc(-c%10nc(-n%11c%12cc%13ccccc%13cc%12c%12cc%13c%14ccccc%14n%14c%15ccccc%15c(c%12%11)c%13%14)c%11ccccc%11n%10)c9c8)ccc7n7c8ccccc8c(c54)c67)c4ccccc4n3)c2)cc1. The van der Waals surface area contributed by atoms with E-state index in [9.17, 15) is 0 Å². The van der Waals surface area contributed by atoms with Gasteiger partial charge in [-0.2, -0.15) is 0 Å². The topological polar surface area (TPSA) is 70.2 Å². The monoisotopic (exact) mass is 1290 g/mol.